The summed E-state index contributed by atoms with van der Waals surface area (Å²) >= 11 is 0. The Morgan fingerprint density at radius 2 is 1.64 bits per heavy atom. The highest BCUT2D eigenvalue weighted by Gasteiger charge is 2.56. The number of nitrogens with zero attached hydrogens (tertiary/aromatic N) is 1. The quantitative estimate of drug-likeness (QED) is 0.205. The van der Waals surface area contributed by atoms with Gasteiger partial charge in [0.15, 0.2) is 0 Å². The number of rotatable bonds is 14. The van der Waals surface area contributed by atoms with Gasteiger partial charge in [0.05, 0.1) is 11.7 Å². The van der Waals surface area contributed by atoms with Crippen molar-refractivity contribution in [2.75, 3.05) is 13.1 Å². The van der Waals surface area contributed by atoms with Gasteiger partial charge < -0.3 is 35.6 Å². The second-order valence-electron chi connectivity index (χ2n) is 16.7. The van der Waals surface area contributed by atoms with Crippen LogP contribution >= 0.6 is 0 Å². The molecule has 5 amide bonds. The molecule has 14 heteroatoms. The van der Waals surface area contributed by atoms with Crippen molar-refractivity contribution in [2.24, 2.45) is 17.8 Å². The number of ether oxygens (including phenoxy) is 2. The van der Waals surface area contributed by atoms with Crippen LogP contribution in [0.15, 0.2) is 30.3 Å². The lowest BCUT2D eigenvalue weighted by atomic mass is 9.83. The van der Waals surface area contributed by atoms with E-state index >= 15 is 0 Å². The predicted octanol–water partition coefficient (Wildman–Crippen LogP) is 4.49. The molecule has 1 saturated carbocycles. The zero-order valence-corrected chi connectivity index (χ0v) is 32.2. The third kappa shape index (κ3) is 11.8. The number of amides is 5. The Balaban J connectivity index is 1.56. The molecule has 1 aromatic rings. The molecule has 2 saturated heterocycles. The van der Waals surface area contributed by atoms with E-state index in [9.17, 15) is 32.8 Å². The molecule has 2 aliphatic heterocycles. The van der Waals surface area contributed by atoms with Crippen LogP contribution < -0.4 is 21.3 Å². The SMILES string of the molecule is CC(C)[C@H](NC(=O)N[C@H](C(=O)N1C[C@@H]2OC(C)(C)C[C@@H]2[C@H]1C(=O)N[C@@H](CC(F)F)C(=O)NCCc1ccccc1)C1CCCCC1)C(=O)OC(C)(C)C. The van der Waals surface area contributed by atoms with Crippen molar-refractivity contribution in [1.29, 1.82) is 0 Å². The first-order valence-corrected chi connectivity index (χ1v) is 19.0. The van der Waals surface area contributed by atoms with Crippen LogP contribution in [-0.4, -0.2) is 95.6 Å². The number of alkyl halides is 2. The van der Waals surface area contributed by atoms with Crippen LogP contribution in [-0.2, 0) is 35.1 Å². The average molecular weight is 748 g/mol. The number of hydrogen-bond donors (Lipinski definition) is 4. The monoisotopic (exact) mass is 747 g/mol. The molecule has 0 radical (unpaired) electrons. The van der Waals surface area contributed by atoms with Crippen LogP contribution in [0.4, 0.5) is 13.6 Å². The van der Waals surface area contributed by atoms with E-state index < -0.39 is 90.0 Å². The molecule has 3 aliphatic rings. The Hall–Kier alpha value is -3.81. The standard InChI is InChI=1S/C39H59F2N5O7/c1-23(2)30(36(50)53-38(3,4)5)44-37(51)45-31(25-16-12-9-13-17-25)35(49)46-22-28-26(21-39(6,7)52-28)32(46)34(48)43-27(20-29(40)41)33(47)42-19-18-24-14-10-8-11-15-24/h8,10-11,14-15,23,25-32H,9,12-13,16-22H2,1-7H3,(H,42,47)(H,43,48)(H2,44,45,51)/t26-,27-,28-,30-,31-,32-/m0/s1. The van der Waals surface area contributed by atoms with Gasteiger partial charge in [-0.25, -0.2) is 18.4 Å². The van der Waals surface area contributed by atoms with E-state index in [-0.39, 0.29) is 24.9 Å². The minimum absolute atomic E-state index is 0.0485. The molecule has 4 N–H and O–H groups in total. The number of carbonyl (C=O) groups is 5. The smallest absolute Gasteiger partial charge is 0.329 e. The Kier molecular flexibility index (Phi) is 14.3. The number of likely N-dealkylation sites (tertiary alicyclic amines) is 1. The average Bonchev–Trinajstić information content (AvgIpc) is 3.56. The molecule has 1 aliphatic carbocycles. The Bertz CT molecular complexity index is 1430. The number of fused-ring (bicyclic) bond motifs is 1. The summed E-state index contributed by atoms with van der Waals surface area (Å²) in [6.45, 7) is 12.8. The van der Waals surface area contributed by atoms with Gasteiger partial charge in [0.25, 0.3) is 0 Å². The summed E-state index contributed by atoms with van der Waals surface area (Å²) in [7, 11) is 0. The maximum atomic E-state index is 14.7. The summed E-state index contributed by atoms with van der Waals surface area (Å²) in [5, 5.41) is 10.8. The maximum Gasteiger partial charge on any atom is 0.329 e. The lowest BCUT2D eigenvalue weighted by Crippen LogP contribution is -2.61. The van der Waals surface area contributed by atoms with E-state index in [1.807, 2.05) is 44.2 Å². The number of benzene rings is 1. The number of halogens is 2. The van der Waals surface area contributed by atoms with E-state index in [2.05, 4.69) is 21.3 Å². The van der Waals surface area contributed by atoms with Crippen molar-refractivity contribution in [3.05, 3.63) is 35.9 Å². The van der Waals surface area contributed by atoms with Crippen molar-refractivity contribution >= 4 is 29.7 Å². The van der Waals surface area contributed by atoms with Gasteiger partial charge in [-0.1, -0.05) is 63.4 Å². The summed E-state index contributed by atoms with van der Waals surface area (Å²) in [4.78, 5) is 70.0. The highest BCUT2D eigenvalue weighted by molar-refractivity contribution is 5.95. The zero-order valence-electron chi connectivity index (χ0n) is 32.2. The molecule has 1 aromatic carbocycles. The van der Waals surface area contributed by atoms with Gasteiger partial charge in [0.1, 0.15) is 29.8 Å². The predicted molar refractivity (Wildman–Crippen MR) is 195 cm³/mol. The van der Waals surface area contributed by atoms with Gasteiger partial charge in [-0.3, -0.25) is 14.4 Å². The first-order valence-electron chi connectivity index (χ1n) is 19.0. The summed E-state index contributed by atoms with van der Waals surface area (Å²) in [5.41, 5.74) is -0.425. The summed E-state index contributed by atoms with van der Waals surface area (Å²) in [6.07, 6.45) is 0.607. The van der Waals surface area contributed by atoms with Crippen LogP contribution in [0.5, 0.6) is 0 Å². The number of nitrogens with one attached hydrogen (secondary N) is 4. The summed E-state index contributed by atoms with van der Waals surface area (Å²) < 4.78 is 39.4. The van der Waals surface area contributed by atoms with Crippen LogP contribution in [0, 0.1) is 17.8 Å². The highest BCUT2D eigenvalue weighted by Crippen LogP contribution is 2.43. The zero-order chi connectivity index (χ0) is 39.1. The van der Waals surface area contributed by atoms with Gasteiger partial charge in [0, 0.05) is 25.4 Å². The highest BCUT2D eigenvalue weighted by atomic mass is 19.3. The van der Waals surface area contributed by atoms with Gasteiger partial charge in [-0.2, -0.15) is 0 Å². The summed E-state index contributed by atoms with van der Waals surface area (Å²) in [6, 6.07) is 3.95. The molecular formula is C39H59F2N5O7. The molecule has 0 bridgehead atoms. The fourth-order valence-corrected chi connectivity index (χ4v) is 7.81. The second-order valence-corrected chi connectivity index (χ2v) is 16.7. The number of carbonyl (C=O) groups excluding carboxylic acids is 5. The van der Waals surface area contributed by atoms with Crippen molar-refractivity contribution < 1.29 is 42.2 Å². The van der Waals surface area contributed by atoms with Crippen molar-refractivity contribution in [3.8, 4) is 0 Å². The van der Waals surface area contributed by atoms with E-state index in [0.717, 1.165) is 24.8 Å². The Morgan fingerprint density at radius 1 is 0.981 bits per heavy atom. The van der Waals surface area contributed by atoms with E-state index in [0.29, 0.717) is 25.7 Å². The number of hydrogen-bond acceptors (Lipinski definition) is 7. The van der Waals surface area contributed by atoms with Gasteiger partial charge >= 0.3 is 12.0 Å². The fourth-order valence-electron chi connectivity index (χ4n) is 7.81. The van der Waals surface area contributed by atoms with E-state index in [1.54, 1.807) is 34.6 Å². The molecule has 0 aromatic heterocycles. The van der Waals surface area contributed by atoms with Crippen molar-refractivity contribution in [2.45, 2.75) is 148 Å². The van der Waals surface area contributed by atoms with Crippen molar-refractivity contribution in [1.82, 2.24) is 26.2 Å². The number of esters is 1. The Morgan fingerprint density at radius 3 is 2.25 bits per heavy atom. The number of urea groups is 1. The van der Waals surface area contributed by atoms with Crippen LogP contribution in [0.1, 0.15) is 99.0 Å². The Labute approximate surface area is 312 Å². The molecule has 12 nitrogen and oxygen atoms in total. The molecule has 6 atom stereocenters. The first kappa shape index (κ1) is 41.9. The molecule has 4 rings (SSSR count). The van der Waals surface area contributed by atoms with E-state index in [4.69, 9.17) is 9.47 Å². The van der Waals surface area contributed by atoms with Crippen LogP contribution in [0.2, 0.25) is 0 Å². The van der Waals surface area contributed by atoms with Gasteiger partial charge in [-0.05, 0) is 77.7 Å². The molecule has 0 spiro atoms. The topological polar surface area (TPSA) is 155 Å². The van der Waals surface area contributed by atoms with Crippen molar-refractivity contribution in [3.63, 3.8) is 0 Å². The van der Waals surface area contributed by atoms with E-state index in [1.165, 1.54) is 4.90 Å². The minimum atomic E-state index is -2.88. The van der Waals surface area contributed by atoms with Crippen LogP contribution in [0.25, 0.3) is 0 Å². The minimum Gasteiger partial charge on any atom is -0.458 e. The molecule has 296 valence electrons. The lowest BCUT2D eigenvalue weighted by molar-refractivity contribution is -0.158. The third-order valence-electron chi connectivity index (χ3n) is 10.2. The van der Waals surface area contributed by atoms with Gasteiger partial charge in [-0.15, -0.1) is 0 Å². The molecule has 53 heavy (non-hydrogen) atoms. The first-order chi connectivity index (χ1) is 24.8. The van der Waals surface area contributed by atoms with Crippen LogP contribution in [0.3, 0.4) is 0 Å². The second kappa shape index (κ2) is 18.0. The molecule has 2 heterocycles. The normalized spacial score (nSPS) is 23.2. The molecular weight excluding hydrogens is 688 g/mol. The fraction of sp³-hybridized carbons (Fsp3) is 0.718. The summed E-state index contributed by atoms with van der Waals surface area (Å²) in [5.74, 6) is -3.61. The maximum absolute atomic E-state index is 14.7. The third-order valence-corrected chi connectivity index (χ3v) is 10.2. The molecule has 3 fully saturated rings. The lowest BCUT2D eigenvalue weighted by Gasteiger charge is -2.36. The largest absolute Gasteiger partial charge is 0.458 e. The molecule has 0 unspecified atom stereocenters. The van der Waals surface area contributed by atoms with Gasteiger partial charge in [0.2, 0.25) is 24.1 Å².